The number of nitrogen functional groups attached to an aromatic ring is 1. The minimum atomic E-state index is -4.64. The summed E-state index contributed by atoms with van der Waals surface area (Å²) in [4.78, 5) is 30.1. The molecule has 0 radical (unpaired) electrons. The van der Waals surface area contributed by atoms with E-state index >= 15 is 0 Å². The zero-order valence-corrected chi connectivity index (χ0v) is 22.2. The third-order valence-electron chi connectivity index (χ3n) is 6.82. The van der Waals surface area contributed by atoms with Crippen LogP contribution in [-0.4, -0.2) is 64.1 Å². The van der Waals surface area contributed by atoms with E-state index < -0.39 is 17.8 Å². The molecule has 4 N–H and O–H groups in total. The molecule has 1 aliphatic heterocycles. The molecule has 10 nitrogen and oxygen atoms in total. The topological polar surface area (TPSA) is 139 Å². The average molecular weight is 574 g/mol. The van der Waals surface area contributed by atoms with Crippen LogP contribution in [-0.2, 0) is 6.18 Å². The third-order valence-corrected chi connectivity index (χ3v) is 7.85. The highest BCUT2D eigenvalue weighted by Gasteiger charge is 2.36. The number of hydrogen-bond acceptors (Lipinski definition) is 11. The summed E-state index contributed by atoms with van der Waals surface area (Å²) in [7, 11) is 1.49. The summed E-state index contributed by atoms with van der Waals surface area (Å²) in [5, 5.41) is 13.8. The summed E-state index contributed by atoms with van der Waals surface area (Å²) < 4.78 is 46.5. The highest BCUT2D eigenvalue weighted by Crippen LogP contribution is 2.43. The van der Waals surface area contributed by atoms with Crippen LogP contribution in [0.5, 0.6) is 6.01 Å². The normalized spacial score (nSPS) is 15.4. The number of nitrogens with zero attached hydrogens (tertiary/aromatic N) is 5. The van der Waals surface area contributed by atoms with Crippen LogP contribution in [0.15, 0.2) is 36.8 Å². The molecule has 1 aliphatic rings. The van der Waals surface area contributed by atoms with E-state index in [9.17, 15) is 23.1 Å². The molecular formula is C26H26F3N7O3S. The Hall–Kier alpha value is -3.88. The number of aliphatic hydroxyl groups excluding tert-OH is 1. The summed E-state index contributed by atoms with van der Waals surface area (Å²) in [6.45, 7) is 1.25. The number of piperidine rings is 1. The Morgan fingerprint density at radius 3 is 2.55 bits per heavy atom. The number of thiophene rings is 1. The molecule has 210 valence electrons. The van der Waals surface area contributed by atoms with E-state index in [-0.39, 0.29) is 38.7 Å². The number of methoxy groups -OCH3 is 1. The van der Waals surface area contributed by atoms with E-state index in [1.54, 1.807) is 35.6 Å². The largest absolute Gasteiger partial charge is 0.467 e. The number of halogens is 3. The van der Waals surface area contributed by atoms with E-state index in [1.165, 1.54) is 7.11 Å². The van der Waals surface area contributed by atoms with Gasteiger partial charge in [0.2, 0.25) is 0 Å². The highest BCUT2D eigenvalue weighted by atomic mass is 32.1. The Kier molecular flexibility index (Phi) is 7.83. The monoisotopic (exact) mass is 573 g/mol. The van der Waals surface area contributed by atoms with Crippen molar-refractivity contribution in [3.05, 3.63) is 52.8 Å². The second-order valence-corrected chi connectivity index (χ2v) is 10.4. The van der Waals surface area contributed by atoms with Crippen LogP contribution in [0.3, 0.4) is 0 Å². The van der Waals surface area contributed by atoms with E-state index in [1.807, 2.05) is 0 Å². The first-order valence-electron chi connectivity index (χ1n) is 12.4. The number of anilines is 2. The fraction of sp³-hybridized carbons (Fsp3) is 0.346. The summed E-state index contributed by atoms with van der Waals surface area (Å²) in [6, 6.07) is 4.90. The van der Waals surface area contributed by atoms with Gasteiger partial charge in [-0.05, 0) is 25.0 Å². The zero-order valence-electron chi connectivity index (χ0n) is 21.4. The number of fused-ring (bicyclic) bond motifs is 1. The number of alkyl halides is 3. The van der Waals surface area contributed by atoms with Crippen LogP contribution in [0.25, 0.3) is 21.5 Å². The summed E-state index contributed by atoms with van der Waals surface area (Å²) in [6.07, 6.45) is 1.12. The summed E-state index contributed by atoms with van der Waals surface area (Å²) in [5.41, 5.74) is 6.76. The number of aromatic nitrogens is 4. The van der Waals surface area contributed by atoms with Crippen LogP contribution >= 0.6 is 11.3 Å². The van der Waals surface area contributed by atoms with Gasteiger partial charge in [0, 0.05) is 60.8 Å². The molecule has 1 unspecified atom stereocenters. The number of nitrogens with two attached hydrogens (primary N) is 1. The first-order valence-corrected chi connectivity index (χ1v) is 13.2. The maximum Gasteiger partial charge on any atom is 0.417 e. The number of ether oxygens (including phenoxy) is 1. The summed E-state index contributed by atoms with van der Waals surface area (Å²) in [5.74, 6) is 0.199. The fourth-order valence-electron chi connectivity index (χ4n) is 4.63. The second-order valence-electron chi connectivity index (χ2n) is 9.32. The Balaban J connectivity index is 1.19. The van der Waals surface area contributed by atoms with Crippen molar-refractivity contribution in [2.24, 2.45) is 0 Å². The van der Waals surface area contributed by atoms with Gasteiger partial charge >= 0.3 is 12.2 Å². The summed E-state index contributed by atoms with van der Waals surface area (Å²) >= 11 is 0.856. The number of hydrogen-bond donors (Lipinski definition) is 3. The van der Waals surface area contributed by atoms with Gasteiger partial charge in [-0.2, -0.15) is 13.2 Å². The predicted octanol–water partition coefficient (Wildman–Crippen LogP) is 3.86. The fourth-order valence-corrected chi connectivity index (χ4v) is 5.56. The van der Waals surface area contributed by atoms with Gasteiger partial charge < -0.3 is 25.8 Å². The van der Waals surface area contributed by atoms with Crippen molar-refractivity contribution >= 4 is 39.3 Å². The molecule has 1 atom stereocenters. The lowest BCUT2D eigenvalue weighted by atomic mass is 10.0. The van der Waals surface area contributed by atoms with Gasteiger partial charge in [-0.1, -0.05) is 6.07 Å². The number of nitrogens with one attached hydrogen (secondary N) is 1. The first-order chi connectivity index (χ1) is 19.2. The number of rotatable bonds is 8. The number of carbonyl (C=O) groups excluding carboxylic acids is 1. The van der Waals surface area contributed by atoms with Crippen molar-refractivity contribution in [2.75, 3.05) is 37.4 Å². The van der Waals surface area contributed by atoms with Crippen LogP contribution in [0, 0.1) is 0 Å². The average Bonchev–Trinajstić information content (AvgIpc) is 3.30. The standard InChI is InChI=1S/C26H26F3N7O3S/c1-39-25-33-10-15(11-34-25)18-3-2-14(9-32-18)19(38)12-31-16-4-6-36(7-5-16)21-8-17(26(27,28)29)22-23(30)20(13-37)40-24(22)35-21/h2-3,8-11,13,16,19,31,38H,4-7,12,30H2,1H3. The van der Waals surface area contributed by atoms with Gasteiger partial charge in [-0.15, -0.1) is 11.3 Å². The lowest BCUT2D eigenvalue weighted by molar-refractivity contribution is -0.136. The molecule has 4 aromatic rings. The molecule has 0 aromatic carbocycles. The Bertz CT molecular complexity index is 1490. The van der Waals surface area contributed by atoms with Crippen molar-refractivity contribution in [3.63, 3.8) is 0 Å². The number of aldehydes is 1. The van der Waals surface area contributed by atoms with E-state index in [2.05, 4.69) is 25.3 Å². The van der Waals surface area contributed by atoms with Gasteiger partial charge in [0.1, 0.15) is 10.6 Å². The number of pyridine rings is 2. The smallest absolute Gasteiger partial charge is 0.417 e. The molecular weight excluding hydrogens is 547 g/mol. The van der Waals surface area contributed by atoms with Crippen molar-refractivity contribution in [1.82, 2.24) is 25.3 Å². The van der Waals surface area contributed by atoms with Crippen LogP contribution in [0.2, 0.25) is 0 Å². The van der Waals surface area contributed by atoms with Crippen molar-refractivity contribution in [3.8, 4) is 17.3 Å². The van der Waals surface area contributed by atoms with E-state index in [0.717, 1.165) is 23.0 Å². The van der Waals surface area contributed by atoms with Crippen molar-refractivity contribution in [2.45, 2.75) is 31.2 Å². The zero-order chi connectivity index (χ0) is 28.4. The minimum absolute atomic E-state index is 0.0335. The van der Waals surface area contributed by atoms with Crippen molar-refractivity contribution < 1.29 is 27.8 Å². The lowest BCUT2D eigenvalue weighted by Crippen LogP contribution is -2.44. The Labute approximate surface area is 231 Å². The Morgan fingerprint density at radius 2 is 1.95 bits per heavy atom. The molecule has 0 saturated carbocycles. The third kappa shape index (κ3) is 5.69. The van der Waals surface area contributed by atoms with Gasteiger partial charge in [0.05, 0.1) is 35.0 Å². The molecule has 1 saturated heterocycles. The minimum Gasteiger partial charge on any atom is -0.467 e. The molecule has 0 amide bonds. The molecule has 40 heavy (non-hydrogen) atoms. The van der Waals surface area contributed by atoms with E-state index in [4.69, 9.17) is 10.5 Å². The van der Waals surface area contributed by atoms with Gasteiger partial charge in [0.25, 0.3) is 0 Å². The Morgan fingerprint density at radius 1 is 1.23 bits per heavy atom. The van der Waals surface area contributed by atoms with Gasteiger partial charge in [-0.25, -0.2) is 15.0 Å². The molecule has 0 bridgehead atoms. The molecule has 0 spiro atoms. The van der Waals surface area contributed by atoms with Gasteiger partial charge in [0.15, 0.2) is 6.29 Å². The predicted molar refractivity (Wildman–Crippen MR) is 144 cm³/mol. The molecule has 14 heteroatoms. The molecule has 4 aromatic heterocycles. The SMILES string of the molecule is COc1ncc(-c2ccc(C(O)CNC3CCN(c4cc(C(F)(F)F)c5c(N)c(C=O)sc5n4)CC3)cn2)cn1. The maximum absolute atomic E-state index is 13.8. The number of carbonyl (C=O) groups is 1. The molecule has 5 rings (SSSR count). The second kappa shape index (κ2) is 11.3. The first kappa shape index (κ1) is 27.7. The van der Waals surface area contributed by atoms with Crippen LogP contribution in [0.1, 0.15) is 39.7 Å². The van der Waals surface area contributed by atoms with Crippen LogP contribution in [0.4, 0.5) is 24.7 Å². The highest BCUT2D eigenvalue weighted by molar-refractivity contribution is 7.20. The number of aliphatic hydroxyl groups is 1. The van der Waals surface area contributed by atoms with Crippen molar-refractivity contribution in [1.29, 1.82) is 0 Å². The molecule has 5 heterocycles. The molecule has 0 aliphatic carbocycles. The van der Waals surface area contributed by atoms with Gasteiger partial charge in [-0.3, -0.25) is 9.78 Å². The molecule has 1 fully saturated rings. The maximum atomic E-state index is 13.8. The van der Waals surface area contributed by atoms with E-state index in [0.29, 0.717) is 50.0 Å². The lowest BCUT2D eigenvalue weighted by Gasteiger charge is -2.34. The van der Waals surface area contributed by atoms with Crippen LogP contribution < -0.4 is 20.7 Å². The quantitative estimate of drug-likeness (QED) is 0.266.